The van der Waals surface area contributed by atoms with Gasteiger partial charge in [0.2, 0.25) is 0 Å². The Balaban J connectivity index is 0.00000264. The van der Waals surface area contributed by atoms with E-state index in [1.165, 1.54) is 12.1 Å². The summed E-state index contributed by atoms with van der Waals surface area (Å²) in [6.07, 6.45) is -4.96. The summed E-state index contributed by atoms with van der Waals surface area (Å²) in [5.74, 6) is -3.11. The zero-order chi connectivity index (χ0) is 16.3. The molecule has 2 nitrogen and oxygen atoms in total. The van der Waals surface area contributed by atoms with Crippen molar-refractivity contribution in [3.05, 3.63) is 71.5 Å². The SMILES string of the molecule is Cc1cccc(-c2ccc(C(=O)/C=C(\[O-])C(F)(F)F)cc2)c1.[Na+]. The molecule has 2 rings (SSSR count). The normalized spacial score (nSPS) is 11.7. The number of rotatable bonds is 3. The summed E-state index contributed by atoms with van der Waals surface area (Å²) in [6.45, 7) is 1.94. The number of ketones is 1. The summed E-state index contributed by atoms with van der Waals surface area (Å²) in [5, 5.41) is 10.8. The van der Waals surface area contributed by atoms with Crippen molar-refractivity contribution in [3.8, 4) is 11.1 Å². The van der Waals surface area contributed by atoms with Gasteiger partial charge in [0.1, 0.15) is 0 Å². The van der Waals surface area contributed by atoms with Crippen molar-refractivity contribution in [2.24, 2.45) is 0 Å². The molecule has 0 fully saturated rings. The topological polar surface area (TPSA) is 40.1 Å². The second kappa shape index (κ2) is 7.81. The molecule has 0 heterocycles. The molecule has 0 atom stereocenters. The van der Waals surface area contributed by atoms with E-state index in [4.69, 9.17) is 0 Å². The average Bonchev–Trinajstić information content (AvgIpc) is 2.46. The fraction of sp³-hybridized carbons (Fsp3) is 0.118. The number of aryl methyl sites for hydroxylation is 1. The fourth-order valence-electron chi connectivity index (χ4n) is 1.94. The Bertz CT molecular complexity index is 719. The minimum Gasteiger partial charge on any atom is -0.869 e. The number of carbonyl (C=O) groups is 1. The van der Waals surface area contributed by atoms with Crippen molar-refractivity contribution in [3.63, 3.8) is 0 Å². The van der Waals surface area contributed by atoms with Gasteiger partial charge in [-0.3, -0.25) is 4.79 Å². The van der Waals surface area contributed by atoms with Crippen LogP contribution in [0.2, 0.25) is 0 Å². The number of carbonyl (C=O) groups excluding carboxylic acids is 1. The van der Waals surface area contributed by atoms with Crippen LogP contribution in [0.4, 0.5) is 13.2 Å². The molecule has 0 aliphatic heterocycles. The van der Waals surface area contributed by atoms with Crippen molar-refractivity contribution in [2.45, 2.75) is 13.1 Å². The van der Waals surface area contributed by atoms with Crippen molar-refractivity contribution >= 4 is 5.78 Å². The van der Waals surface area contributed by atoms with Crippen molar-refractivity contribution < 1.29 is 52.6 Å². The molecule has 0 saturated heterocycles. The third kappa shape index (κ3) is 5.23. The molecule has 0 N–H and O–H groups in total. The predicted octanol–water partition coefficient (Wildman–Crippen LogP) is 0.655. The van der Waals surface area contributed by atoms with Crippen LogP contribution in [0.5, 0.6) is 0 Å². The van der Waals surface area contributed by atoms with E-state index in [1.807, 2.05) is 31.2 Å². The van der Waals surface area contributed by atoms with Crippen LogP contribution in [-0.2, 0) is 0 Å². The van der Waals surface area contributed by atoms with E-state index in [2.05, 4.69) is 0 Å². The van der Waals surface area contributed by atoms with Crippen molar-refractivity contribution in [1.29, 1.82) is 0 Å². The van der Waals surface area contributed by atoms with Crippen LogP contribution >= 0.6 is 0 Å². The van der Waals surface area contributed by atoms with Gasteiger partial charge in [0.25, 0.3) is 0 Å². The van der Waals surface area contributed by atoms with Gasteiger partial charge in [-0.15, -0.1) is 0 Å². The van der Waals surface area contributed by atoms with Gasteiger partial charge in [-0.2, -0.15) is 13.2 Å². The summed E-state index contributed by atoms with van der Waals surface area (Å²) in [7, 11) is 0. The minimum absolute atomic E-state index is 0. The van der Waals surface area contributed by atoms with Crippen LogP contribution in [-0.4, -0.2) is 12.0 Å². The van der Waals surface area contributed by atoms with Crippen LogP contribution < -0.4 is 34.7 Å². The first-order valence-corrected chi connectivity index (χ1v) is 6.45. The van der Waals surface area contributed by atoms with Gasteiger partial charge in [0.15, 0.2) is 5.78 Å². The zero-order valence-corrected chi connectivity index (χ0v) is 14.6. The Morgan fingerprint density at radius 3 is 2.17 bits per heavy atom. The Morgan fingerprint density at radius 1 is 1.04 bits per heavy atom. The Kier molecular flexibility index (Phi) is 6.62. The van der Waals surface area contributed by atoms with Gasteiger partial charge in [0, 0.05) is 5.56 Å². The number of alkyl halides is 3. The standard InChI is InChI=1S/C17H13F3O2.Na/c1-11-3-2-4-14(9-11)12-5-7-13(8-6-12)15(21)10-16(22)17(18,19)20;/h2-10,22H,1H3;/q;+1/p-1/b16-10-;. The van der Waals surface area contributed by atoms with Crippen LogP contribution in [0.3, 0.4) is 0 Å². The van der Waals surface area contributed by atoms with E-state index in [-0.39, 0.29) is 41.2 Å². The van der Waals surface area contributed by atoms with E-state index < -0.39 is 17.7 Å². The average molecular weight is 328 g/mol. The van der Waals surface area contributed by atoms with E-state index in [9.17, 15) is 23.1 Å². The molecule has 0 spiro atoms. The third-order valence-corrected chi connectivity index (χ3v) is 3.06. The molecule has 2 aromatic rings. The van der Waals surface area contributed by atoms with E-state index in [0.717, 1.165) is 16.7 Å². The first-order valence-electron chi connectivity index (χ1n) is 6.45. The van der Waals surface area contributed by atoms with Crippen LogP contribution in [0.15, 0.2) is 60.4 Å². The Hall–Kier alpha value is -1.56. The van der Waals surface area contributed by atoms with Gasteiger partial charge >= 0.3 is 35.7 Å². The molecule has 0 amide bonds. The summed E-state index contributed by atoms with van der Waals surface area (Å²) >= 11 is 0. The molecule has 2 aromatic carbocycles. The first-order chi connectivity index (χ1) is 10.3. The summed E-state index contributed by atoms with van der Waals surface area (Å²) in [6, 6.07) is 13.8. The largest absolute Gasteiger partial charge is 1.00 e. The maximum absolute atomic E-state index is 12.1. The fourth-order valence-corrected chi connectivity index (χ4v) is 1.94. The zero-order valence-electron chi connectivity index (χ0n) is 12.6. The maximum Gasteiger partial charge on any atom is 1.00 e. The molecule has 0 unspecified atom stereocenters. The molecule has 0 radical (unpaired) electrons. The van der Waals surface area contributed by atoms with Crippen molar-refractivity contribution in [1.82, 2.24) is 0 Å². The second-order valence-corrected chi connectivity index (χ2v) is 4.82. The number of allylic oxidation sites excluding steroid dienone is 2. The summed E-state index contributed by atoms with van der Waals surface area (Å²) in [4.78, 5) is 11.6. The molecule has 0 bridgehead atoms. The molecular formula is C17H12F3NaO2. The molecular weight excluding hydrogens is 316 g/mol. The summed E-state index contributed by atoms with van der Waals surface area (Å²) < 4.78 is 36.3. The van der Waals surface area contributed by atoms with E-state index in [0.29, 0.717) is 0 Å². The van der Waals surface area contributed by atoms with Gasteiger partial charge < -0.3 is 5.11 Å². The summed E-state index contributed by atoms with van der Waals surface area (Å²) in [5.41, 5.74) is 2.88. The molecule has 6 heteroatoms. The second-order valence-electron chi connectivity index (χ2n) is 4.82. The predicted molar refractivity (Wildman–Crippen MR) is 75.1 cm³/mol. The van der Waals surface area contributed by atoms with Gasteiger partial charge in [-0.05, 0) is 29.9 Å². The number of hydrogen-bond donors (Lipinski definition) is 0. The number of hydrogen-bond acceptors (Lipinski definition) is 2. The quantitative estimate of drug-likeness (QED) is 0.359. The van der Waals surface area contributed by atoms with Gasteiger partial charge in [0.05, 0.1) is 0 Å². The van der Waals surface area contributed by atoms with Crippen LogP contribution in [0.25, 0.3) is 11.1 Å². The molecule has 0 saturated carbocycles. The van der Waals surface area contributed by atoms with Gasteiger partial charge in [-0.25, -0.2) is 0 Å². The smallest absolute Gasteiger partial charge is 0.869 e. The van der Waals surface area contributed by atoms with Crippen molar-refractivity contribution in [2.75, 3.05) is 0 Å². The molecule has 23 heavy (non-hydrogen) atoms. The monoisotopic (exact) mass is 328 g/mol. The van der Waals surface area contributed by atoms with Crippen LogP contribution in [0, 0.1) is 6.92 Å². The number of benzene rings is 2. The van der Waals surface area contributed by atoms with E-state index in [1.54, 1.807) is 12.1 Å². The third-order valence-electron chi connectivity index (χ3n) is 3.06. The Labute approximate surface area is 153 Å². The van der Waals surface area contributed by atoms with E-state index >= 15 is 0 Å². The minimum atomic E-state index is -5.03. The van der Waals surface area contributed by atoms with Crippen LogP contribution in [0.1, 0.15) is 15.9 Å². The molecule has 0 aliphatic rings. The number of halogens is 3. The maximum atomic E-state index is 12.1. The molecule has 0 aromatic heterocycles. The Morgan fingerprint density at radius 2 is 1.65 bits per heavy atom. The molecule has 114 valence electrons. The first kappa shape index (κ1) is 19.5. The van der Waals surface area contributed by atoms with Gasteiger partial charge in [-0.1, -0.05) is 54.1 Å². The molecule has 0 aliphatic carbocycles.